The van der Waals surface area contributed by atoms with Crippen molar-refractivity contribution in [1.82, 2.24) is 9.38 Å². The lowest BCUT2D eigenvalue weighted by Crippen LogP contribution is -2.10. The molecule has 0 aliphatic carbocycles. The molecule has 0 aliphatic heterocycles. The number of pyridine rings is 1. The van der Waals surface area contributed by atoms with E-state index in [-0.39, 0.29) is 0 Å². The van der Waals surface area contributed by atoms with Crippen molar-refractivity contribution in [3.05, 3.63) is 84.1 Å². The van der Waals surface area contributed by atoms with Gasteiger partial charge in [0.05, 0.1) is 5.69 Å². The largest absolute Gasteiger partial charge is 0.366 e. The molecule has 6 heteroatoms. The maximum absolute atomic E-state index is 11.2. The average molecular weight is 355 g/mol. The van der Waals surface area contributed by atoms with E-state index in [9.17, 15) is 4.79 Å². The highest BCUT2D eigenvalue weighted by molar-refractivity contribution is 5.93. The third-order valence-electron chi connectivity index (χ3n) is 4.22. The molecular formula is C21H17N5O. The van der Waals surface area contributed by atoms with Crippen LogP contribution in [0.1, 0.15) is 15.9 Å². The Morgan fingerprint density at radius 3 is 2.44 bits per heavy atom. The van der Waals surface area contributed by atoms with E-state index >= 15 is 0 Å². The molecule has 0 saturated heterocycles. The summed E-state index contributed by atoms with van der Waals surface area (Å²) in [6.45, 7) is 2.03. The Kier molecular flexibility index (Phi) is 4.22. The number of aromatic nitrogens is 2. The van der Waals surface area contributed by atoms with Gasteiger partial charge in [-0.25, -0.2) is 4.98 Å². The molecule has 1 amide bonds. The van der Waals surface area contributed by atoms with Crippen LogP contribution in [0, 0.1) is 6.92 Å². The molecule has 0 atom stereocenters. The van der Waals surface area contributed by atoms with Crippen molar-refractivity contribution in [2.24, 2.45) is 16.0 Å². The summed E-state index contributed by atoms with van der Waals surface area (Å²) in [6, 6.07) is 20.6. The van der Waals surface area contributed by atoms with Gasteiger partial charge < -0.3 is 5.73 Å². The SMILES string of the molecule is Cc1ccn2c(N=Nc3ccc(C(N)=O)cc3)c(-c3ccccc3)nc2c1. The Morgan fingerprint density at radius 2 is 1.74 bits per heavy atom. The monoisotopic (exact) mass is 355 g/mol. The normalized spacial score (nSPS) is 11.3. The Labute approximate surface area is 156 Å². The van der Waals surface area contributed by atoms with Gasteiger partial charge in [-0.05, 0) is 48.9 Å². The number of carbonyl (C=O) groups excluding carboxylic acids is 1. The Morgan fingerprint density at radius 1 is 1.00 bits per heavy atom. The lowest BCUT2D eigenvalue weighted by molar-refractivity contribution is 0.100. The van der Waals surface area contributed by atoms with Crippen LogP contribution < -0.4 is 5.73 Å². The number of primary amides is 1. The highest BCUT2D eigenvalue weighted by Gasteiger charge is 2.14. The van der Waals surface area contributed by atoms with Crippen LogP contribution in [0.5, 0.6) is 0 Å². The van der Waals surface area contributed by atoms with Crippen LogP contribution in [0.15, 0.2) is 83.2 Å². The van der Waals surface area contributed by atoms with Gasteiger partial charge in [0.15, 0.2) is 5.82 Å². The van der Waals surface area contributed by atoms with Crippen LogP contribution in [0.2, 0.25) is 0 Å². The van der Waals surface area contributed by atoms with Crippen LogP contribution in [0.4, 0.5) is 11.5 Å². The second kappa shape index (κ2) is 6.84. The first-order valence-corrected chi connectivity index (χ1v) is 8.47. The van der Waals surface area contributed by atoms with Crippen LogP contribution >= 0.6 is 0 Å². The van der Waals surface area contributed by atoms with Gasteiger partial charge in [0, 0.05) is 17.3 Å². The first kappa shape index (κ1) is 16.7. The molecule has 0 saturated carbocycles. The summed E-state index contributed by atoms with van der Waals surface area (Å²) in [6.07, 6.45) is 1.94. The molecule has 0 bridgehead atoms. The van der Waals surface area contributed by atoms with Gasteiger partial charge in [-0.15, -0.1) is 10.2 Å². The van der Waals surface area contributed by atoms with Crippen molar-refractivity contribution in [3.8, 4) is 11.3 Å². The number of nitrogens with zero attached hydrogens (tertiary/aromatic N) is 4. The van der Waals surface area contributed by atoms with E-state index in [4.69, 9.17) is 10.7 Å². The molecule has 6 nitrogen and oxygen atoms in total. The third-order valence-corrected chi connectivity index (χ3v) is 4.22. The fourth-order valence-electron chi connectivity index (χ4n) is 2.82. The van der Waals surface area contributed by atoms with Crippen LogP contribution in [0.3, 0.4) is 0 Å². The van der Waals surface area contributed by atoms with Crippen molar-refractivity contribution >= 4 is 23.1 Å². The summed E-state index contributed by atoms with van der Waals surface area (Å²) >= 11 is 0. The number of imidazole rings is 1. The van der Waals surface area contributed by atoms with E-state index in [1.54, 1.807) is 24.3 Å². The molecule has 27 heavy (non-hydrogen) atoms. The molecule has 132 valence electrons. The van der Waals surface area contributed by atoms with E-state index < -0.39 is 5.91 Å². The summed E-state index contributed by atoms with van der Waals surface area (Å²) in [4.78, 5) is 15.9. The second-order valence-electron chi connectivity index (χ2n) is 6.19. The Balaban J connectivity index is 1.80. The van der Waals surface area contributed by atoms with Gasteiger partial charge in [-0.3, -0.25) is 9.20 Å². The molecule has 0 unspecified atom stereocenters. The van der Waals surface area contributed by atoms with Gasteiger partial charge in [-0.1, -0.05) is 30.3 Å². The van der Waals surface area contributed by atoms with Crippen LogP contribution in [-0.4, -0.2) is 15.3 Å². The van der Waals surface area contributed by atoms with Gasteiger partial charge in [0.1, 0.15) is 11.3 Å². The second-order valence-corrected chi connectivity index (χ2v) is 6.19. The van der Waals surface area contributed by atoms with Crippen molar-refractivity contribution in [1.29, 1.82) is 0 Å². The minimum Gasteiger partial charge on any atom is -0.366 e. The summed E-state index contributed by atoms with van der Waals surface area (Å²) in [5.74, 6) is 0.178. The number of nitrogens with two attached hydrogens (primary N) is 1. The van der Waals surface area contributed by atoms with Crippen molar-refractivity contribution in [2.45, 2.75) is 6.92 Å². The molecule has 0 fully saturated rings. The molecule has 0 aliphatic rings. The van der Waals surface area contributed by atoms with E-state index in [0.717, 1.165) is 22.5 Å². The zero-order chi connectivity index (χ0) is 18.8. The van der Waals surface area contributed by atoms with Crippen molar-refractivity contribution in [2.75, 3.05) is 0 Å². The number of hydrogen-bond acceptors (Lipinski definition) is 4. The van der Waals surface area contributed by atoms with Gasteiger partial charge in [0.2, 0.25) is 5.91 Å². The molecule has 4 rings (SSSR count). The highest BCUT2D eigenvalue weighted by Crippen LogP contribution is 2.32. The predicted octanol–water partition coefficient (Wildman–Crippen LogP) is 4.82. The Hall–Kier alpha value is -3.80. The molecule has 0 radical (unpaired) electrons. The van der Waals surface area contributed by atoms with Gasteiger partial charge in [0.25, 0.3) is 0 Å². The smallest absolute Gasteiger partial charge is 0.248 e. The molecular weight excluding hydrogens is 338 g/mol. The lowest BCUT2D eigenvalue weighted by Gasteiger charge is -2.00. The minimum absolute atomic E-state index is 0.434. The number of rotatable bonds is 4. The molecule has 2 N–H and O–H groups in total. The standard InChI is InChI=1S/C21H17N5O/c1-14-11-12-26-18(13-14)23-19(15-5-3-2-4-6-15)21(26)25-24-17-9-7-16(8-10-17)20(22)27/h2-13H,1H3,(H2,22,27). The minimum atomic E-state index is -0.470. The number of aryl methyl sites for hydroxylation is 1. The zero-order valence-electron chi connectivity index (χ0n) is 14.7. The maximum Gasteiger partial charge on any atom is 0.248 e. The van der Waals surface area contributed by atoms with Crippen LogP contribution in [0.25, 0.3) is 16.9 Å². The average Bonchev–Trinajstić information content (AvgIpc) is 3.05. The first-order valence-electron chi connectivity index (χ1n) is 8.47. The van der Waals surface area contributed by atoms with E-state index in [1.165, 1.54) is 0 Å². The third kappa shape index (κ3) is 3.32. The van der Waals surface area contributed by atoms with Crippen LogP contribution in [-0.2, 0) is 0 Å². The van der Waals surface area contributed by atoms with E-state index in [1.807, 2.05) is 60.0 Å². The highest BCUT2D eigenvalue weighted by atomic mass is 16.1. The van der Waals surface area contributed by atoms with Crippen molar-refractivity contribution < 1.29 is 4.79 Å². The number of azo groups is 1. The first-order chi connectivity index (χ1) is 13.1. The van der Waals surface area contributed by atoms with E-state index in [2.05, 4.69) is 10.2 Å². The molecule has 2 aromatic carbocycles. The van der Waals surface area contributed by atoms with E-state index in [0.29, 0.717) is 17.1 Å². The fraction of sp³-hybridized carbons (Fsp3) is 0.0476. The van der Waals surface area contributed by atoms with Gasteiger partial charge >= 0.3 is 0 Å². The predicted molar refractivity (Wildman–Crippen MR) is 105 cm³/mol. The van der Waals surface area contributed by atoms with Crippen molar-refractivity contribution in [3.63, 3.8) is 0 Å². The van der Waals surface area contributed by atoms with Gasteiger partial charge in [-0.2, -0.15) is 0 Å². The molecule has 4 aromatic rings. The molecule has 0 spiro atoms. The molecule has 2 aromatic heterocycles. The zero-order valence-corrected chi connectivity index (χ0v) is 14.7. The lowest BCUT2D eigenvalue weighted by atomic mass is 10.1. The summed E-state index contributed by atoms with van der Waals surface area (Å²) in [5.41, 5.74) is 10.00. The number of hydrogen-bond donors (Lipinski definition) is 1. The maximum atomic E-state index is 11.2. The topological polar surface area (TPSA) is 85.1 Å². The number of carbonyl (C=O) groups is 1. The Bertz CT molecular complexity index is 1140. The molecule has 2 heterocycles. The number of amides is 1. The summed E-state index contributed by atoms with van der Waals surface area (Å²) < 4.78 is 1.91. The number of benzene rings is 2. The summed E-state index contributed by atoms with van der Waals surface area (Å²) in [7, 11) is 0. The summed E-state index contributed by atoms with van der Waals surface area (Å²) in [5, 5.41) is 8.77. The number of fused-ring (bicyclic) bond motifs is 1. The quantitative estimate of drug-likeness (QED) is 0.532. The fourth-order valence-corrected chi connectivity index (χ4v) is 2.82.